The average molecular weight is 275 g/mol. The molecule has 1 heterocycles. The van der Waals surface area contributed by atoms with E-state index in [9.17, 15) is 5.26 Å². The van der Waals surface area contributed by atoms with Crippen LogP contribution in [0.4, 0.5) is 11.6 Å². The standard InChI is InChI=1S/C15H25N5/c1-2-3-10-18-15-13(11-16)14(17)20(19-15)12-8-6-4-5-7-9-12/h12H,2-10,17H2,1H3,(H,18,19). The minimum Gasteiger partial charge on any atom is -0.383 e. The number of aromatic nitrogens is 2. The molecule has 110 valence electrons. The van der Waals surface area contributed by atoms with E-state index in [1.54, 1.807) is 0 Å². The molecule has 20 heavy (non-hydrogen) atoms. The summed E-state index contributed by atoms with van der Waals surface area (Å²) in [5.74, 6) is 1.18. The maximum Gasteiger partial charge on any atom is 0.168 e. The van der Waals surface area contributed by atoms with E-state index in [-0.39, 0.29) is 0 Å². The molecule has 5 nitrogen and oxygen atoms in total. The van der Waals surface area contributed by atoms with Gasteiger partial charge in [0.05, 0.1) is 6.04 Å². The van der Waals surface area contributed by atoms with Gasteiger partial charge in [0.1, 0.15) is 17.5 Å². The summed E-state index contributed by atoms with van der Waals surface area (Å²) in [6, 6.07) is 2.55. The fourth-order valence-electron chi connectivity index (χ4n) is 2.85. The van der Waals surface area contributed by atoms with Crippen molar-refractivity contribution in [2.45, 2.75) is 64.3 Å². The number of anilines is 2. The molecule has 0 bridgehead atoms. The first-order valence-electron chi connectivity index (χ1n) is 7.79. The van der Waals surface area contributed by atoms with Gasteiger partial charge in [-0.3, -0.25) is 0 Å². The van der Waals surface area contributed by atoms with Crippen LogP contribution in [0.5, 0.6) is 0 Å². The van der Waals surface area contributed by atoms with Crippen LogP contribution in [0.1, 0.15) is 69.9 Å². The summed E-state index contributed by atoms with van der Waals surface area (Å²) < 4.78 is 1.89. The largest absolute Gasteiger partial charge is 0.383 e. The van der Waals surface area contributed by atoms with E-state index in [1.165, 1.54) is 25.7 Å². The molecule has 1 aliphatic rings. The minimum absolute atomic E-state index is 0.353. The first kappa shape index (κ1) is 14.7. The van der Waals surface area contributed by atoms with Crippen molar-refractivity contribution < 1.29 is 0 Å². The molecular formula is C15H25N5. The Balaban J connectivity index is 2.18. The lowest BCUT2D eigenvalue weighted by molar-refractivity contribution is 0.412. The Morgan fingerprint density at radius 1 is 1.35 bits per heavy atom. The van der Waals surface area contributed by atoms with Crippen LogP contribution >= 0.6 is 0 Å². The maximum absolute atomic E-state index is 9.30. The van der Waals surface area contributed by atoms with Crippen LogP contribution in [0.2, 0.25) is 0 Å². The third kappa shape index (κ3) is 3.24. The summed E-state index contributed by atoms with van der Waals surface area (Å²) in [5, 5.41) is 17.1. The Hall–Kier alpha value is -1.70. The molecule has 5 heteroatoms. The summed E-state index contributed by atoms with van der Waals surface area (Å²) in [4.78, 5) is 0. The van der Waals surface area contributed by atoms with Gasteiger partial charge in [-0.15, -0.1) is 0 Å². The molecule has 3 N–H and O–H groups in total. The molecular weight excluding hydrogens is 250 g/mol. The number of nitrogen functional groups attached to an aromatic ring is 1. The van der Waals surface area contributed by atoms with Gasteiger partial charge < -0.3 is 11.1 Å². The van der Waals surface area contributed by atoms with Crippen molar-refractivity contribution in [2.24, 2.45) is 0 Å². The lowest BCUT2D eigenvalue weighted by Crippen LogP contribution is -2.13. The molecule has 0 atom stereocenters. The molecule has 1 aromatic heterocycles. The molecule has 2 rings (SSSR count). The van der Waals surface area contributed by atoms with Gasteiger partial charge in [0.15, 0.2) is 5.82 Å². The fraction of sp³-hybridized carbons (Fsp3) is 0.733. The Morgan fingerprint density at radius 2 is 2.05 bits per heavy atom. The highest BCUT2D eigenvalue weighted by atomic mass is 15.4. The molecule has 1 saturated carbocycles. The van der Waals surface area contributed by atoms with Crippen molar-refractivity contribution in [3.05, 3.63) is 5.56 Å². The highest BCUT2D eigenvalue weighted by Crippen LogP contribution is 2.31. The molecule has 0 spiro atoms. The van der Waals surface area contributed by atoms with Crippen LogP contribution in [-0.2, 0) is 0 Å². The number of nitriles is 1. The zero-order valence-electron chi connectivity index (χ0n) is 12.4. The summed E-state index contributed by atoms with van der Waals surface area (Å²) in [6.07, 6.45) is 9.47. The molecule has 0 unspecified atom stereocenters. The van der Waals surface area contributed by atoms with Crippen molar-refractivity contribution in [2.75, 3.05) is 17.6 Å². The Morgan fingerprint density at radius 3 is 2.65 bits per heavy atom. The number of nitrogens with two attached hydrogens (primary N) is 1. The highest BCUT2D eigenvalue weighted by molar-refractivity contribution is 5.63. The first-order chi connectivity index (χ1) is 9.77. The monoisotopic (exact) mass is 275 g/mol. The third-order valence-corrected chi connectivity index (χ3v) is 4.05. The van der Waals surface area contributed by atoms with Crippen molar-refractivity contribution in [3.8, 4) is 6.07 Å². The molecule has 0 aromatic carbocycles. The molecule has 0 amide bonds. The number of rotatable bonds is 5. The maximum atomic E-state index is 9.30. The van der Waals surface area contributed by atoms with E-state index >= 15 is 0 Å². The normalized spacial score (nSPS) is 16.6. The zero-order chi connectivity index (χ0) is 14.4. The van der Waals surface area contributed by atoms with Gasteiger partial charge >= 0.3 is 0 Å². The lowest BCUT2D eigenvalue weighted by atomic mass is 10.1. The smallest absolute Gasteiger partial charge is 0.168 e. The number of hydrogen-bond donors (Lipinski definition) is 2. The first-order valence-corrected chi connectivity index (χ1v) is 7.79. The second kappa shape index (κ2) is 7.18. The van der Waals surface area contributed by atoms with Gasteiger partial charge in [-0.25, -0.2) is 4.68 Å². The summed E-state index contributed by atoms with van der Waals surface area (Å²) in [6.45, 7) is 2.98. The molecule has 0 radical (unpaired) electrons. The molecule has 1 aliphatic carbocycles. The van der Waals surface area contributed by atoms with E-state index in [0.29, 0.717) is 23.2 Å². The van der Waals surface area contributed by atoms with Crippen molar-refractivity contribution in [1.82, 2.24) is 9.78 Å². The Kier molecular flexibility index (Phi) is 5.28. The van der Waals surface area contributed by atoms with E-state index in [4.69, 9.17) is 5.73 Å². The zero-order valence-corrected chi connectivity index (χ0v) is 12.4. The van der Waals surface area contributed by atoms with Crippen LogP contribution in [0.3, 0.4) is 0 Å². The number of nitrogens with zero attached hydrogens (tertiary/aromatic N) is 3. The van der Waals surface area contributed by atoms with E-state index in [1.807, 2.05) is 4.68 Å². The third-order valence-electron chi connectivity index (χ3n) is 4.05. The van der Waals surface area contributed by atoms with Crippen molar-refractivity contribution in [3.63, 3.8) is 0 Å². The van der Waals surface area contributed by atoms with Crippen molar-refractivity contribution in [1.29, 1.82) is 5.26 Å². The lowest BCUT2D eigenvalue weighted by Gasteiger charge is -2.16. The van der Waals surface area contributed by atoms with Gasteiger partial charge in [-0.1, -0.05) is 39.0 Å². The average Bonchev–Trinajstić information content (AvgIpc) is 2.65. The summed E-state index contributed by atoms with van der Waals surface area (Å²) >= 11 is 0. The summed E-state index contributed by atoms with van der Waals surface area (Å²) in [5.41, 5.74) is 6.64. The van der Waals surface area contributed by atoms with E-state index < -0.39 is 0 Å². The van der Waals surface area contributed by atoms with Crippen LogP contribution < -0.4 is 11.1 Å². The molecule has 1 fully saturated rings. The topological polar surface area (TPSA) is 79.7 Å². The quantitative estimate of drug-likeness (QED) is 0.637. The summed E-state index contributed by atoms with van der Waals surface area (Å²) in [7, 11) is 0. The Labute approximate surface area is 121 Å². The highest BCUT2D eigenvalue weighted by Gasteiger charge is 2.22. The van der Waals surface area contributed by atoms with Gasteiger partial charge in [0.2, 0.25) is 0 Å². The second-order valence-corrected chi connectivity index (χ2v) is 5.59. The van der Waals surface area contributed by atoms with Crippen LogP contribution in [0.15, 0.2) is 0 Å². The second-order valence-electron chi connectivity index (χ2n) is 5.59. The predicted octanol–water partition coefficient (Wildman–Crippen LogP) is 3.44. The Bertz CT molecular complexity index is 463. The minimum atomic E-state index is 0.353. The van der Waals surface area contributed by atoms with Crippen LogP contribution in [0.25, 0.3) is 0 Å². The van der Waals surface area contributed by atoms with Gasteiger partial charge in [0, 0.05) is 6.54 Å². The molecule has 0 saturated heterocycles. The van der Waals surface area contributed by atoms with Gasteiger partial charge in [-0.2, -0.15) is 10.4 Å². The van der Waals surface area contributed by atoms with Gasteiger partial charge in [-0.05, 0) is 19.3 Å². The molecule has 0 aliphatic heterocycles. The number of nitrogens with one attached hydrogen (secondary N) is 1. The number of unbranched alkanes of at least 4 members (excludes halogenated alkanes) is 1. The van der Waals surface area contributed by atoms with E-state index in [0.717, 1.165) is 32.2 Å². The van der Waals surface area contributed by atoms with Crippen LogP contribution in [-0.4, -0.2) is 16.3 Å². The molecule has 1 aromatic rings. The fourth-order valence-corrected chi connectivity index (χ4v) is 2.85. The predicted molar refractivity (Wildman–Crippen MR) is 81.5 cm³/mol. The van der Waals surface area contributed by atoms with Crippen LogP contribution in [0, 0.1) is 11.3 Å². The van der Waals surface area contributed by atoms with Crippen molar-refractivity contribution >= 4 is 11.6 Å². The van der Waals surface area contributed by atoms with E-state index in [2.05, 4.69) is 23.4 Å². The SMILES string of the molecule is CCCCNc1nn(C2CCCCCC2)c(N)c1C#N. The number of hydrogen-bond acceptors (Lipinski definition) is 4. The van der Waals surface area contributed by atoms with Gasteiger partial charge in [0.25, 0.3) is 0 Å².